The quantitative estimate of drug-likeness (QED) is 0.0306. The van der Waals surface area contributed by atoms with Crippen LogP contribution in [0.2, 0.25) is 0 Å². The van der Waals surface area contributed by atoms with Gasteiger partial charge in [-0.3, -0.25) is 0 Å². The molecule has 0 radical (unpaired) electrons. The number of ether oxygens (including phenoxy) is 10. The van der Waals surface area contributed by atoms with E-state index in [9.17, 15) is 24.0 Å². The van der Waals surface area contributed by atoms with E-state index in [1.807, 2.05) is 132 Å². The molecule has 0 saturated heterocycles. The molecule has 5 fully saturated rings. The van der Waals surface area contributed by atoms with Gasteiger partial charge < -0.3 is 47.4 Å². The lowest BCUT2D eigenvalue weighted by molar-refractivity contribution is 0.0516. The zero-order chi connectivity index (χ0) is 89.7. The Balaban J connectivity index is 1.01. The predicted octanol–water partition coefficient (Wildman–Crippen LogP) is 26.8. The van der Waals surface area contributed by atoms with Crippen molar-refractivity contribution >= 4 is 29.8 Å². The predicted molar refractivity (Wildman–Crippen MR) is 512 cm³/mol. The first-order chi connectivity index (χ1) is 63.7. The van der Waals surface area contributed by atoms with E-state index in [-0.39, 0.29) is 33.0 Å². The van der Waals surface area contributed by atoms with E-state index in [1.165, 1.54) is 32.1 Å². The molecule has 0 amide bonds. The van der Waals surface area contributed by atoms with Crippen molar-refractivity contribution in [3.63, 3.8) is 0 Å². The van der Waals surface area contributed by atoms with E-state index >= 15 is 0 Å². The van der Waals surface area contributed by atoms with Crippen molar-refractivity contribution in [2.45, 2.75) is 226 Å². The summed E-state index contributed by atoms with van der Waals surface area (Å²) in [5, 5.41) is 0. The molecule has 130 heavy (non-hydrogen) atoms. The molecule has 14 aliphatic rings. The summed E-state index contributed by atoms with van der Waals surface area (Å²) in [5.74, 6) is 2.28. The summed E-state index contributed by atoms with van der Waals surface area (Å²) < 4.78 is 66.4. The lowest BCUT2D eigenvalue weighted by atomic mass is 9.79. The molecule has 2 atom stereocenters. The number of esters is 5. The Morgan fingerprint density at radius 2 is 0.477 bits per heavy atom. The summed E-state index contributed by atoms with van der Waals surface area (Å²) in [6, 6.07) is 66.6. The molecule has 14 aliphatic carbocycles. The fraction of sp³-hybridized carbons (Fsp3) is 0.435. The minimum atomic E-state index is -0.575. The average molecular weight is 1750 g/mol. The van der Waals surface area contributed by atoms with Gasteiger partial charge in [-0.25, -0.2) is 24.0 Å². The van der Waals surface area contributed by atoms with Gasteiger partial charge in [-0.1, -0.05) is 181 Å². The molecular weight excluding hydrogens is 1620 g/mol. The summed E-state index contributed by atoms with van der Waals surface area (Å²) in [7, 11) is 0. The second kappa shape index (κ2) is 44.9. The van der Waals surface area contributed by atoms with Crippen LogP contribution in [0.4, 0.5) is 0 Å². The third-order valence-electron chi connectivity index (χ3n) is 28.0. The highest BCUT2D eigenvalue weighted by Crippen LogP contribution is 2.50. The van der Waals surface area contributed by atoms with Crippen LogP contribution in [0.5, 0.6) is 28.7 Å². The van der Waals surface area contributed by atoms with Crippen LogP contribution in [0.3, 0.4) is 0 Å². The minimum absolute atomic E-state index is 0.221. The second-order valence-electron chi connectivity index (χ2n) is 37.0. The van der Waals surface area contributed by atoms with Crippen LogP contribution in [-0.2, 0) is 42.9 Å². The highest BCUT2D eigenvalue weighted by atomic mass is 16.5. The van der Waals surface area contributed by atoms with Crippen molar-refractivity contribution in [2.75, 3.05) is 66.1 Å². The second-order valence-corrected chi connectivity index (χ2v) is 37.0. The van der Waals surface area contributed by atoms with E-state index in [0.29, 0.717) is 121 Å². The summed E-state index contributed by atoms with van der Waals surface area (Å²) in [6.07, 6.45) is 29.1. The van der Waals surface area contributed by atoms with Crippen LogP contribution < -0.4 is 23.7 Å². The van der Waals surface area contributed by atoms with Crippen LogP contribution in [-0.4, -0.2) is 95.9 Å². The minimum Gasteiger partial charge on any atom is -0.493 e. The first kappa shape index (κ1) is 91.8. The molecule has 0 N–H and O–H groups in total. The van der Waals surface area contributed by atoms with E-state index in [2.05, 4.69) is 97.1 Å². The molecule has 15 nitrogen and oxygen atoms in total. The Morgan fingerprint density at radius 3 is 0.800 bits per heavy atom. The van der Waals surface area contributed by atoms with E-state index in [4.69, 9.17) is 47.4 Å². The number of carbonyl (C=O) groups excluding carboxylic acids is 5. The molecule has 0 aromatic heterocycles. The van der Waals surface area contributed by atoms with Crippen LogP contribution in [0.15, 0.2) is 194 Å². The fourth-order valence-electron chi connectivity index (χ4n) is 20.8. The first-order valence-electron chi connectivity index (χ1n) is 49.0. The van der Waals surface area contributed by atoms with Gasteiger partial charge >= 0.3 is 29.8 Å². The zero-order valence-corrected chi connectivity index (χ0v) is 77.0. The monoisotopic (exact) mass is 1750 g/mol. The molecule has 680 valence electrons. The Labute approximate surface area is 769 Å². The molecule has 15 heteroatoms. The number of carbonyl (C=O) groups is 5. The van der Waals surface area contributed by atoms with Crippen LogP contribution in [0.25, 0.3) is 33.4 Å². The lowest BCUT2D eigenvalue weighted by Gasteiger charge is -2.29. The van der Waals surface area contributed by atoms with Crippen LogP contribution in [0.1, 0.15) is 326 Å². The lowest BCUT2D eigenvalue weighted by Crippen LogP contribution is -2.18. The fourth-order valence-corrected chi connectivity index (χ4v) is 20.8. The summed E-state index contributed by atoms with van der Waals surface area (Å²) in [5.41, 5.74) is 19.1. The van der Waals surface area contributed by atoms with Gasteiger partial charge in [-0.2, -0.15) is 0 Å². The Hall–Kier alpha value is -11.5. The van der Waals surface area contributed by atoms with Crippen molar-refractivity contribution in [3.05, 3.63) is 289 Å². The molecule has 0 heterocycles. The number of benzene rings is 10. The Kier molecular flexibility index (Phi) is 31.7. The van der Waals surface area contributed by atoms with Gasteiger partial charge in [0, 0.05) is 42.2 Å². The maximum Gasteiger partial charge on any atom is 0.338 e. The van der Waals surface area contributed by atoms with Gasteiger partial charge in [-0.15, -0.1) is 0 Å². The highest BCUT2D eigenvalue weighted by Gasteiger charge is 2.33. The molecule has 2 unspecified atom stereocenters. The molecular formula is C115H130O15. The molecule has 0 aliphatic heterocycles. The molecule has 10 aromatic carbocycles. The van der Waals surface area contributed by atoms with E-state index < -0.39 is 41.7 Å². The smallest absolute Gasteiger partial charge is 0.338 e. The third kappa shape index (κ3) is 22.9. The first-order valence-corrected chi connectivity index (χ1v) is 49.0. The largest absolute Gasteiger partial charge is 0.493 e. The zero-order valence-electron chi connectivity index (χ0n) is 77.0. The SMILES string of the molecule is CCOC(=O)c1ccc(-c2cc3c(OCC4CCCCC4)cc2Cc2ccc(cc2OCC2CCCCC2)C(c2ccc(C(=O)OCC)cc2)c2ccc(cc2OCC2CCCCC2)C(c2ccc(C(=O)OCC)cc2)c2cc(-c4ccc(C(=O)OCC)cc4)c(cc2OCC2CCCCC2)Cc2cc(-c4ccc(C(=O)OCC)cc4)c(cc2OCC2CCCCC2)C3)cc1. The summed E-state index contributed by atoms with van der Waals surface area (Å²) in [6.45, 7) is 12.8. The van der Waals surface area contributed by atoms with Gasteiger partial charge in [0.1, 0.15) is 28.7 Å². The Bertz CT molecular complexity index is 5480. The maximum absolute atomic E-state index is 13.9. The summed E-state index contributed by atoms with van der Waals surface area (Å²) in [4.78, 5) is 69.0. The number of rotatable bonds is 30. The summed E-state index contributed by atoms with van der Waals surface area (Å²) >= 11 is 0. The topological polar surface area (TPSA) is 178 Å². The van der Waals surface area contributed by atoms with E-state index in [1.54, 1.807) is 0 Å². The van der Waals surface area contributed by atoms with Gasteiger partial charge in [0.05, 0.1) is 93.9 Å². The van der Waals surface area contributed by atoms with Crippen molar-refractivity contribution in [3.8, 4) is 62.1 Å². The van der Waals surface area contributed by atoms with Crippen molar-refractivity contribution < 1.29 is 71.3 Å². The van der Waals surface area contributed by atoms with Crippen LogP contribution in [0, 0.1) is 29.6 Å². The normalized spacial score (nSPS) is 17.2. The average Bonchev–Trinajstić information content (AvgIpc) is 0.881. The third-order valence-corrected chi connectivity index (χ3v) is 28.0. The molecule has 10 bridgehead atoms. The van der Waals surface area contributed by atoms with Gasteiger partial charge in [0.2, 0.25) is 0 Å². The molecule has 5 saturated carbocycles. The van der Waals surface area contributed by atoms with Crippen molar-refractivity contribution in [1.82, 2.24) is 0 Å². The van der Waals surface area contributed by atoms with Gasteiger partial charge in [0.25, 0.3) is 0 Å². The van der Waals surface area contributed by atoms with Gasteiger partial charge in [0.15, 0.2) is 0 Å². The molecule has 0 spiro atoms. The number of fused-ring (bicyclic) bond motifs is 1. The van der Waals surface area contributed by atoms with Crippen molar-refractivity contribution in [1.29, 1.82) is 0 Å². The Morgan fingerprint density at radius 1 is 0.231 bits per heavy atom. The molecule has 24 rings (SSSR count). The number of hydrogen-bond acceptors (Lipinski definition) is 15. The molecule has 10 aromatic rings. The van der Waals surface area contributed by atoms with Gasteiger partial charge in [-0.05, 0) is 327 Å². The maximum atomic E-state index is 13.9. The highest BCUT2D eigenvalue weighted by molar-refractivity contribution is 5.93. The van der Waals surface area contributed by atoms with Crippen LogP contribution >= 0.6 is 0 Å². The number of hydrogen-bond donors (Lipinski definition) is 0. The standard InChI is InChI=1S/C115H130O15/c1-6-121-111(116)86-46-36-81(37-47-86)100-63-97-61-95-68-106(128-73-78-30-20-13-21-31-78)98(64-101(95)82-38-48-87(49-39-82)112(117)122-7-2)62-96-69-108(130-75-80-34-24-15-25-35-80)103(70-102(96)83-40-50-88(51-41-83)113(118)123-8-3)110(85-44-54-90(55-45-85)115(120)125-10-5)93-58-59-99(107(66-93)129-74-79-32-22-14-23-33-79)109(84-42-52-89(53-43-84)114(119)124-9-4)92-57-56-91(104(65-92)126-71-76-26-16-11-17-27-76)60-94(100)67-105(97)127-72-77-28-18-12-19-29-77/h36-59,63-70,76-80,109-110H,6-35,60-62,71-75H2,1-5H3. The van der Waals surface area contributed by atoms with E-state index in [0.717, 1.165) is 246 Å². The van der Waals surface area contributed by atoms with Crippen molar-refractivity contribution in [2.24, 2.45) is 29.6 Å².